The van der Waals surface area contributed by atoms with Crippen LogP contribution in [0.15, 0.2) is 41.3 Å². The van der Waals surface area contributed by atoms with Crippen LogP contribution in [0.25, 0.3) is 28.4 Å². The van der Waals surface area contributed by atoms with Crippen LogP contribution in [0.2, 0.25) is 0 Å². The molecule has 12 nitrogen and oxygen atoms in total. The minimum absolute atomic E-state index is 0.0950. The number of carbonyl (C=O) groups excluding carboxylic acids is 1. The molecule has 0 bridgehead atoms. The first-order chi connectivity index (χ1) is 18.0. The molecule has 188 valence electrons. The van der Waals surface area contributed by atoms with Crippen LogP contribution < -0.4 is 16.0 Å². The van der Waals surface area contributed by atoms with E-state index in [1.165, 1.54) is 10.6 Å². The molecule has 6 heterocycles. The number of amides is 1. The average molecular weight is 503 g/mol. The van der Waals surface area contributed by atoms with Crippen molar-refractivity contribution in [1.82, 2.24) is 34.0 Å². The molecule has 1 aromatic carbocycles. The van der Waals surface area contributed by atoms with Gasteiger partial charge >= 0.3 is 0 Å². The molecule has 0 radical (unpaired) electrons. The number of hydrogen-bond donors (Lipinski definition) is 2. The van der Waals surface area contributed by atoms with Crippen molar-refractivity contribution in [2.75, 3.05) is 48.7 Å². The van der Waals surface area contributed by atoms with Crippen molar-refractivity contribution in [3.8, 4) is 11.6 Å². The van der Waals surface area contributed by atoms with E-state index in [2.05, 4.69) is 30.3 Å². The monoisotopic (exact) mass is 502 g/mol. The fourth-order valence-corrected chi connectivity index (χ4v) is 5.04. The van der Waals surface area contributed by atoms with E-state index in [1.54, 1.807) is 30.8 Å². The Morgan fingerprint density at radius 2 is 1.97 bits per heavy atom. The molecule has 3 N–H and O–H groups in total. The number of halogens is 1. The average Bonchev–Trinajstić information content (AvgIpc) is 3.68. The fourth-order valence-electron chi connectivity index (χ4n) is 5.04. The Labute approximate surface area is 209 Å². The van der Waals surface area contributed by atoms with Crippen molar-refractivity contribution in [3.05, 3.63) is 48.2 Å². The first-order valence-corrected chi connectivity index (χ1v) is 12.0. The number of benzene rings is 1. The van der Waals surface area contributed by atoms with Gasteiger partial charge in [-0.2, -0.15) is 9.50 Å². The molecule has 2 aliphatic heterocycles. The predicted octanol–water partition coefficient (Wildman–Crippen LogP) is 1.77. The molecular weight excluding hydrogens is 479 g/mol. The van der Waals surface area contributed by atoms with Crippen LogP contribution >= 0.6 is 0 Å². The van der Waals surface area contributed by atoms with Gasteiger partial charge in [-0.3, -0.25) is 9.69 Å². The van der Waals surface area contributed by atoms with E-state index >= 15 is 0 Å². The predicted molar refractivity (Wildman–Crippen MR) is 134 cm³/mol. The van der Waals surface area contributed by atoms with E-state index in [-0.39, 0.29) is 17.7 Å². The number of aromatic nitrogens is 6. The Bertz CT molecular complexity index is 1650. The number of nitrogens with two attached hydrogens (primary N) is 1. The van der Waals surface area contributed by atoms with Gasteiger partial charge in [0.25, 0.3) is 0 Å². The van der Waals surface area contributed by atoms with Gasteiger partial charge in [0, 0.05) is 45.0 Å². The Kier molecular flexibility index (Phi) is 4.86. The zero-order valence-electron chi connectivity index (χ0n) is 19.8. The third kappa shape index (κ3) is 3.66. The minimum Gasteiger partial charge on any atom is -0.461 e. The molecule has 7 rings (SSSR count). The molecule has 0 spiro atoms. The molecule has 0 aliphatic carbocycles. The van der Waals surface area contributed by atoms with Crippen LogP contribution in [0, 0.1) is 5.82 Å². The van der Waals surface area contributed by atoms with Gasteiger partial charge in [0.05, 0.1) is 24.7 Å². The molecule has 37 heavy (non-hydrogen) atoms. The maximum Gasteiger partial charge on any atom is 0.228 e. The number of fused-ring (bicyclic) bond motifs is 4. The molecule has 0 atom stereocenters. The van der Waals surface area contributed by atoms with E-state index < -0.39 is 0 Å². The van der Waals surface area contributed by atoms with E-state index in [0.717, 1.165) is 25.2 Å². The fraction of sp³-hybridized carbons (Fsp3) is 0.292. The normalized spacial score (nSPS) is 16.1. The highest BCUT2D eigenvalue weighted by Gasteiger charge is 2.25. The number of nitrogens with one attached hydrogen (secondary N) is 1. The SMILES string of the molecule is Nc1nc2c(ncn2CCN2CCN(c3cc4c(cc3F)NC(=O)C4)CC2)c2nc(-c3ccco3)nn12. The Balaban J connectivity index is 1.05. The maximum atomic E-state index is 14.7. The van der Waals surface area contributed by atoms with Crippen molar-refractivity contribution < 1.29 is 13.6 Å². The lowest BCUT2D eigenvalue weighted by molar-refractivity contribution is -0.115. The number of anilines is 3. The zero-order valence-corrected chi connectivity index (χ0v) is 19.8. The van der Waals surface area contributed by atoms with Gasteiger partial charge < -0.3 is 24.9 Å². The topological polar surface area (TPSA) is 136 Å². The quantitative estimate of drug-likeness (QED) is 0.369. The highest BCUT2D eigenvalue weighted by atomic mass is 19.1. The second kappa shape index (κ2) is 8.27. The molecular formula is C24H23FN10O2. The lowest BCUT2D eigenvalue weighted by atomic mass is 10.1. The van der Waals surface area contributed by atoms with Gasteiger partial charge in [-0.15, -0.1) is 5.10 Å². The summed E-state index contributed by atoms with van der Waals surface area (Å²) >= 11 is 0. The van der Waals surface area contributed by atoms with E-state index in [1.807, 2.05) is 9.47 Å². The van der Waals surface area contributed by atoms with Crippen LogP contribution in [0.3, 0.4) is 0 Å². The second-order valence-corrected chi connectivity index (χ2v) is 9.24. The molecule has 1 amide bonds. The lowest BCUT2D eigenvalue weighted by Crippen LogP contribution is -2.47. The van der Waals surface area contributed by atoms with E-state index in [4.69, 9.17) is 10.2 Å². The first kappa shape index (κ1) is 21.7. The van der Waals surface area contributed by atoms with Crippen molar-refractivity contribution in [3.63, 3.8) is 0 Å². The third-order valence-corrected chi connectivity index (χ3v) is 6.98. The summed E-state index contributed by atoms with van der Waals surface area (Å²) < 4.78 is 23.6. The lowest BCUT2D eigenvalue weighted by Gasteiger charge is -2.36. The molecule has 13 heteroatoms. The molecule has 0 saturated carbocycles. The Morgan fingerprint density at radius 1 is 1.11 bits per heavy atom. The summed E-state index contributed by atoms with van der Waals surface area (Å²) in [6.07, 6.45) is 3.60. The summed E-state index contributed by atoms with van der Waals surface area (Å²) in [7, 11) is 0. The number of hydrogen-bond acceptors (Lipinski definition) is 9. The summed E-state index contributed by atoms with van der Waals surface area (Å²) in [4.78, 5) is 29.6. The summed E-state index contributed by atoms with van der Waals surface area (Å²) in [5, 5.41) is 7.11. The molecule has 5 aromatic rings. The number of carbonyl (C=O) groups is 1. The highest BCUT2D eigenvalue weighted by Crippen LogP contribution is 2.31. The summed E-state index contributed by atoms with van der Waals surface area (Å²) in [6.45, 7) is 4.42. The van der Waals surface area contributed by atoms with E-state index in [9.17, 15) is 9.18 Å². The van der Waals surface area contributed by atoms with E-state index in [0.29, 0.717) is 65.8 Å². The largest absolute Gasteiger partial charge is 0.461 e. The van der Waals surface area contributed by atoms with Crippen molar-refractivity contribution >= 4 is 40.0 Å². The number of furan rings is 1. The number of piperazine rings is 1. The summed E-state index contributed by atoms with van der Waals surface area (Å²) in [6, 6.07) is 6.78. The smallest absolute Gasteiger partial charge is 0.228 e. The zero-order chi connectivity index (χ0) is 25.1. The van der Waals surface area contributed by atoms with Gasteiger partial charge in [0.15, 0.2) is 22.6 Å². The van der Waals surface area contributed by atoms with Crippen LogP contribution in [0.5, 0.6) is 0 Å². The standard InChI is InChI=1S/C24H23FN10O2/c25-15-12-16-14(11-19(36)28-16)10-17(15)33-6-3-32(4-7-33)5-8-34-13-27-20-22(34)30-24(26)35-23(20)29-21(31-35)18-2-1-9-37-18/h1-2,9-10,12-13H,3-8,11H2,(H2,26,30)(H,28,36). The Hall–Kier alpha value is -4.52. The maximum absolute atomic E-state index is 14.7. The van der Waals surface area contributed by atoms with Gasteiger partial charge in [-0.05, 0) is 29.8 Å². The molecule has 0 unspecified atom stereocenters. The van der Waals surface area contributed by atoms with Crippen LogP contribution in [0.4, 0.5) is 21.7 Å². The molecule has 1 fully saturated rings. The van der Waals surface area contributed by atoms with Crippen LogP contribution in [0.1, 0.15) is 5.56 Å². The van der Waals surface area contributed by atoms with Crippen LogP contribution in [-0.4, -0.2) is 72.7 Å². The van der Waals surface area contributed by atoms with Crippen LogP contribution in [-0.2, 0) is 17.8 Å². The Morgan fingerprint density at radius 3 is 2.78 bits per heavy atom. The second-order valence-electron chi connectivity index (χ2n) is 9.24. The number of nitrogens with zero attached hydrogens (tertiary/aromatic N) is 8. The minimum atomic E-state index is -0.307. The first-order valence-electron chi connectivity index (χ1n) is 12.0. The van der Waals surface area contributed by atoms with Crippen molar-refractivity contribution in [1.29, 1.82) is 0 Å². The van der Waals surface area contributed by atoms with Crippen molar-refractivity contribution in [2.45, 2.75) is 13.0 Å². The highest BCUT2D eigenvalue weighted by molar-refractivity contribution is 5.99. The van der Waals surface area contributed by atoms with Crippen molar-refractivity contribution in [2.24, 2.45) is 0 Å². The van der Waals surface area contributed by atoms with Gasteiger partial charge in [0.1, 0.15) is 5.82 Å². The molecule has 2 aliphatic rings. The summed E-state index contributed by atoms with van der Waals surface area (Å²) in [5.41, 5.74) is 9.95. The number of nitrogen functional groups attached to an aromatic ring is 1. The third-order valence-electron chi connectivity index (χ3n) is 6.98. The molecule has 1 saturated heterocycles. The number of rotatable bonds is 5. The summed E-state index contributed by atoms with van der Waals surface area (Å²) in [5.74, 6) is 0.776. The number of imidazole rings is 1. The van der Waals surface area contributed by atoms with Gasteiger partial charge in [0.2, 0.25) is 17.7 Å². The van der Waals surface area contributed by atoms with Gasteiger partial charge in [-0.25, -0.2) is 14.4 Å². The van der Waals surface area contributed by atoms with Gasteiger partial charge in [-0.1, -0.05) is 0 Å². The molecule has 4 aromatic heterocycles.